The number of aromatic nitrogens is 1. The van der Waals surface area contributed by atoms with Gasteiger partial charge in [0.2, 0.25) is 0 Å². The third-order valence-corrected chi connectivity index (χ3v) is 3.18. The molecule has 0 amide bonds. The van der Waals surface area contributed by atoms with E-state index in [1.807, 2.05) is 6.07 Å². The molecule has 1 aromatic carbocycles. The Hall–Kier alpha value is -1.48. The summed E-state index contributed by atoms with van der Waals surface area (Å²) in [6.07, 6.45) is 2.16. The molecule has 0 radical (unpaired) electrons. The minimum absolute atomic E-state index is 0.927. The van der Waals surface area contributed by atoms with E-state index in [9.17, 15) is 0 Å². The van der Waals surface area contributed by atoms with E-state index in [2.05, 4.69) is 33.9 Å². The van der Waals surface area contributed by atoms with Gasteiger partial charge in [-0.25, -0.2) is 0 Å². The number of nitrogens with zero attached hydrogens (tertiary/aromatic N) is 2. The van der Waals surface area contributed by atoms with Gasteiger partial charge in [-0.05, 0) is 24.3 Å². The molecule has 1 aliphatic heterocycles. The fraction of sp³-hybridized carbons (Fsp3) is 0.385. The van der Waals surface area contributed by atoms with E-state index in [4.69, 9.17) is 4.74 Å². The van der Waals surface area contributed by atoms with Gasteiger partial charge in [-0.3, -0.25) is 4.90 Å². The van der Waals surface area contributed by atoms with Gasteiger partial charge in [0.05, 0.1) is 7.11 Å². The number of hydrogen-bond acceptors (Lipinski definition) is 2. The van der Waals surface area contributed by atoms with Crippen LogP contribution in [0.1, 0.15) is 0 Å². The lowest BCUT2D eigenvalue weighted by atomic mass is 10.2. The van der Waals surface area contributed by atoms with Crippen LogP contribution in [0, 0.1) is 0 Å². The van der Waals surface area contributed by atoms with Gasteiger partial charge in [0.1, 0.15) is 5.75 Å². The van der Waals surface area contributed by atoms with Crippen molar-refractivity contribution in [2.45, 2.75) is 6.54 Å². The first-order chi connectivity index (χ1) is 7.86. The molecule has 2 aromatic rings. The van der Waals surface area contributed by atoms with E-state index < -0.39 is 0 Å². The highest BCUT2D eigenvalue weighted by Crippen LogP contribution is 2.21. The maximum absolute atomic E-state index is 5.22. The van der Waals surface area contributed by atoms with E-state index in [-0.39, 0.29) is 0 Å². The third-order valence-electron chi connectivity index (χ3n) is 3.18. The monoisotopic (exact) mass is 216 g/mol. The van der Waals surface area contributed by atoms with Crippen molar-refractivity contribution < 1.29 is 4.74 Å². The lowest BCUT2D eigenvalue weighted by Gasteiger charge is -2.06. The Morgan fingerprint density at radius 3 is 2.81 bits per heavy atom. The zero-order valence-corrected chi connectivity index (χ0v) is 9.52. The predicted molar refractivity (Wildman–Crippen MR) is 64.9 cm³/mol. The number of methoxy groups -OCH3 is 1. The fourth-order valence-corrected chi connectivity index (χ4v) is 2.04. The Bertz CT molecular complexity index is 500. The summed E-state index contributed by atoms with van der Waals surface area (Å²) < 4.78 is 7.53. The molecule has 1 aliphatic rings. The van der Waals surface area contributed by atoms with Gasteiger partial charge < -0.3 is 9.30 Å². The molecule has 0 unspecified atom stereocenters. The largest absolute Gasteiger partial charge is 0.497 e. The summed E-state index contributed by atoms with van der Waals surface area (Å²) in [7, 11) is 1.71. The van der Waals surface area contributed by atoms with E-state index in [1.165, 1.54) is 24.0 Å². The molecule has 3 heteroatoms. The summed E-state index contributed by atoms with van der Waals surface area (Å²) in [5, 5.41) is 1.25. The van der Waals surface area contributed by atoms with Crippen LogP contribution in [0.2, 0.25) is 0 Å². The van der Waals surface area contributed by atoms with Crippen LogP contribution < -0.4 is 4.74 Å². The molecule has 0 saturated carbocycles. The second-order valence-corrected chi connectivity index (χ2v) is 4.28. The molecule has 84 valence electrons. The van der Waals surface area contributed by atoms with Crippen LogP contribution >= 0.6 is 0 Å². The predicted octanol–water partition coefficient (Wildman–Crippen LogP) is 1.97. The first-order valence-corrected chi connectivity index (χ1v) is 5.72. The zero-order valence-electron chi connectivity index (χ0n) is 9.52. The summed E-state index contributed by atoms with van der Waals surface area (Å²) in [6.45, 7) is 4.78. The van der Waals surface area contributed by atoms with Gasteiger partial charge in [-0.2, -0.15) is 0 Å². The minimum atomic E-state index is 0.927. The van der Waals surface area contributed by atoms with Crippen molar-refractivity contribution in [3.05, 3.63) is 30.5 Å². The molecule has 0 atom stereocenters. The van der Waals surface area contributed by atoms with Crippen molar-refractivity contribution in [2.75, 3.05) is 26.7 Å². The molecule has 0 aliphatic carbocycles. The second-order valence-electron chi connectivity index (χ2n) is 4.28. The highest BCUT2D eigenvalue weighted by Gasteiger charge is 2.16. The van der Waals surface area contributed by atoms with Crippen LogP contribution in [0.5, 0.6) is 5.75 Å². The van der Waals surface area contributed by atoms with Gasteiger partial charge in [-0.1, -0.05) is 0 Å². The molecular weight excluding hydrogens is 200 g/mol. The summed E-state index contributed by atoms with van der Waals surface area (Å²) in [5.74, 6) is 0.927. The molecule has 3 nitrogen and oxygen atoms in total. The molecule has 1 aromatic heterocycles. The smallest absolute Gasteiger partial charge is 0.119 e. The normalized spacial score (nSPS) is 15.6. The summed E-state index contributed by atoms with van der Waals surface area (Å²) in [5.41, 5.74) is 1.29. The van der Waals surface area contributed by atoms with Gasteiger partial charge in [0.15, 0.2) is 0 Å². The number of fused-ring (bicyclic) bond motifs is 1. The number of hydrogen-bond donors (Lipinski definition) is 0. The topological polar surface area (TPSA) is 17.2 Å². The van der Waals surface area contributed by atoms with Crippen molar-refractivity contribution in [3.8, 4) is 5.75 Å². The molecule has 1 saturated heterocycles. The summed E-state index contributed by atoms with van der Waals surface area (Å²) in [6, 6.07) is 8.40. The second kappa shape index (κ2) is 3.83. The lowest BCUT2D eigenvalue weighted by molar-refractivity contribution is 0.415. The highest BCUT2D eigenvalue weighted by atomic mass is 16.5. The summed E-state index contributed by atoms with van der Waals surface area (Å²) >= 11 is 0. The van der Waals surface area contributed by atoms with E-state index >= 15 is 0 Å². The molecule has 16 heavy (non-hydrogen) atoms. The Kier molecular flexibility index (Phi) is 2.33. The minimum Gasteiger partial charge on any atom is -0.497 e. The van der Waals surface area contributed by atoms with Crippen molar-refractivity contribution in [2.24, 2.45) is 0 Å². The maximum atomic E-state index is 5.22. The molecule has 1 fully saturated rings. The number of benzene rings is 1. The standard InChI is InChI=1S/C13H16N2O/c1-16-12-2-3-13-11(10-12)4-5-15(13)9-8-14-6-7-14/h2-5,10H,6-9H2,1H3. The maximum Gasteiger partial charge on any atom is 0.119 e. The van der Waals surface area contributed by atoms with Crippen molar-refractivity contribution >= 4 is 10.9 Å². The Labute approximate surface area is 95.2 Å². The van der Waals surface area contributed by atoms with E-state index in [1.54, 1.807) is 7.11 Å². The Morgan fingerprint density at radius 2 is 2.06 bits per heavy atom. The molecule has 2 heterocycles. The quantitative estimate of drug-likeness (QED) is 0.727. The van der Waals surface area contributed by atoms with Gasteiger partial charge in [-0.15, -0.1) is 0 Å². The lowest BCUT2D eigenvalue weighted by Crippen LogP contribution is -2.08. The van der Waals surface area contributed by atoms with Gasteiger partial charge >= 0.3 is 0 Å². The van der Waals surface area contributed by atoms with E-state index in [0.717, 1.165) is 18.8 Å². The van der Waals surface area contributed by atoms with Crippen LogP contribution in [0.4, 0.5) is 0 Å². The average molecular weight is 216 g/mol. The summed E-state index contributed by atoms with van der Waals surface area (Å²) in [4.78, 5) is 2.44. The van der Waals surface area contributed by atoms with Crippen LogP contribution in [-0.4, -0.2) is 36.2 Å². The average Bonchev–Trinajstić information content (AvgIpc) is 3.06. The zero-order chi connectivity index (χ0) is 11.0. The van der Waals surface area contributed by atoms with Crippen molar-refractivity contribution in [1.82, 2.24) is 9.47 Å². The van der Waals surface area contributed by atoms with Crippen molar-refractivity contribution in [1.29, 1.82) is 0 Å². The highest BCUT2D eigenvalue weighted by molar-refractivity contribution is 5.81. The van der Waals surface area contributed by atoms with Crippen molar-refractivity contribution in [3.63, 3.8) is 0 Å². The van der Waals surface area contributed by atoms with E-state index in [0.29, 0.717) is 0 Å². The first-order valence-electron chi connectivity index (χ1n) is 5.72. The van der Waals surface area contributed by atoms with Crippen LogP contribution in [-0.2, 0) is 6.54 Å². The number of rotatable bonds is 4. The first kappa shape index (κ1) is 9.73. The number of ether oxygens (including phenoxy) is 1. The molecule has 0 N–H and O–H groups in total. The van der Waals surface area contributed by atoms with Crippen LogP contribution in [0.3, 0.4) is 0 Å². The van der Waals surface area contributed by atoms with Gasteiger partial charge in [0, 0.05) is 43.3 Å². The molecule has 0 bridgehead atoms. The van der Waals surface area contributed by atoms with Crippen LogP contribution in [0.15, 0.2) is 30.5 Å². The Morgan fingerprint density at radius 1 is 1.19 bits per heavy atom. The van der Waals surface area contributed by atoms with Gasteiger partial charge in [0.25, 0.3) is 0 Å². The fourth-order valence-electron chi connectivity index (χ4n) is 2.04. The molecular formula is C13H16N2O. The third kappa shape index (κ3) is 1.78. The SMILES string of the molecule is COc1ccc2c(ccn2CCN2CC2)c1. The molecule has 3 rings (SSSR count). The molecule has 0 spiro atoms. The van der Waals surface area contributed by atoms with Crippen LogP contribution in [0.25, 0.3) is 10.9 Å². The Balaban J connectivity index is 1.87.